The minimum absolute atomic E-state index is 0.865. The van der Waals surface area contributed by atoms with Crippen molar-refractivity contribution < 1.29 is 125 Å². The maximum absolute atomic E-state index is 11.7. The van der Waals surface area contributed by atoms with Gasteiger partial charge in [0.15, 0.2) is 25.2 Å². The van der Waals surface area contributed by atoms with Crippen LogP contribution in [0.25, 0.3) is 0 Å². The summed E-state index contributed by atoms with van der Waals surface area (Å²) in [5.74, 6) is 0. The molecule has 25 heteroatoms. The van der Waals surface area contributed by atoms with E-state index in [2.05, 4.69) is 0 Å². The molecule has 4 rings (SSSR count). The van der Waals surface area contributed by atoms with Crippen LogP contribution >= 0.6 is 0 Å². The number of hydrogen-bond donors (Lipinski definition) is 17. The van der Waals surface area contributed by atoms with E-state index in [1.54, 1.807) is 0 Å². The van der Waals surface area contributed by atoms with Gasteiger partial charge in [0, 0.05) is 0 Å². The summed E-state index contributed by atoms with van der Waals surface area (Å²) < 4.78 is 44.8. The molecule has 25 nitrogen and oxygen atoms in total. The normalized spacial score (nSPS) is 47.9. The number of hydrogen-bond acceptors (Lipinski definition) is 25. The zero-order valence-electron chi connectivity index (χ0n) is 29.3. The van der Waals surface area contributed by atoms with E-state index < -0.39 is 180 Å². The van der Waals surface area contributed by atoms with Crippen LogP contribution in [-0.2, 0) is 37.9 Å². The third-order valence-corrected chi connectivity index (χ3v) is 9.88. The van der Waals surface area contributed by atoms with E-state index in [1.807, 2.05) is 0 Å². The molecule has 0 aromatic heterocycles. The number of ether oxygens (including phenoxy) is 8. The van der Waals surface area contributed by atoms with Gasteiger partial charge >= 0.3 is 0 Å². The Morgan fingerprint density at radius 2 is 0.818 bits per heavy atom. The molecule has 0 aliphatic carbocycles. The largest absolute Gasteiger partial charge is 0.394 e. The zero-order valence-corrected chi connectivity index (χ0v) is 29.3. The average molecular weight is 815 g/mol. The molecular formula is C30H54O25. The lowest BCUT2D eigenvalue weighted by Gasteiger charge is -2.50. The summed E-state index contributed by atoms with van der Waals surface area (Å²) in [4.78, 5) is 0. The minimum atomic E-state index is -2.14. The maximum Gasteiger partial charge on any atom is 0.187 e. The van der Waals surface area contributed by atoms with Crippen molar-refractivity contribution in [3.05, 3.63) is 0 Å². The molecule has 17 N–H and O–H groups in total. The second kappa shape index (κ2) is 20.3. The van der Waals surface area contributed by atoms with Crippen molar-refractivity contribution in [2.45, 2.75) is 154 Å². The fourth-order valence-corrected chi connectivity index (χ4v) is 6.55. The van der Waals surface area contributed by atoms with Gasteiger partial charge in [-0.3, -0.25) is 0 Å². The minimum Gasteiger partial charge on any atom is -0.394 e. The van der Waals surface area contributed by atoms with E-state index in [0.29, 0.717) is 0 Å². The van der Waals surface area contributed by atoms with Gasteiger partial charge in [0.2, 0.25) is 0 Å². The van der Waals surface area contributed by atoms with Crippen molar-refractivity contribution in [1.29, 1.82) is 0 Å². The van der Waals surface area contributed by atoms with Gasteiger partial charge in [-0.05, 0) is 6.92 Å². The van der Waals surface area contributed by atoms with Crippen LogP contribution in [0, 0.1) is 0 Å². The van der Waals surface area contributed by atoms with Gasteiger partial charge in [0.1, 0.15) is 116 Å². The van der Waals surface area contributed by atoms with Crippen LogP contribution in [0.3, 0.4) is 0 Å². The van der Waals surface area contributed by atoms with Crippen LogP contribution in [-0.4, -0.2) is 267 Å². The second-order valence-corrected chi connectivity index (χ2v) is 13.7. The third-order valence-electron chi connectivity index (χ3n) is 9.88. The Balaban J connectivity index is 1.64. The lowest BCUT2D eigenvalue weighted by atomic mass is 9.95. The van der Waals surface area contributed by atoms with Crippen molar-refractivity contribution in [2.75, 3.05) is 33.0 Å². The Kier molecular flexibility index (Phi) is 17.2. The molecule has 24 atom stereocenters. The van der Waals surface area contributed by atoms with E-state index >= 15 is 0 Å². The summed E-state index contributed by atoms with van der Waals surface area (Å²) >= 11 is 0. The van der Waals surface area contributed by atoms with Crippen molar-refractivity contribution in [3.8, 4) is 0 Å². The first-order chi connectivity index (χ1) is 25.9. The zero-order chi connectivity index (χ0) is 41.0. The molecule has 4 fully saturated rings. The predicted octanol–water partition coefficient (Wildman–Crippen LogP) is -11.3. The van der Waals surface area contributed by atoms with Crippen molar-refractivity contribution >= 4 is 0 Å². The van der Waals surface area contributed by atoms with Gasteiger partial charge in [-0.15, -0.1) is 0 Å². The molecular weight excluding hydrogens is 760 g/mol. The van der Waals surface area contributed by atoms with Crippen LogP contribution in [0.5, 0.6) is 0 Å². The second-order valence-electron chi connectivity index (χ2n) is 13.7. The first-order valence-corrected chi connectivity index (χ1v) is 17.4. The van der Waals surface area contributed by atoms with E-state index in [1.165, 1.54) is 0 Å². The van der Waals surface area contributed by atoms with E-state index in [-0.39, 0.29) is 0 Å². The van der Waals surface area contributed by atoms with E-state index in [9.17, 15) is 86.8 Å². The van der Waals surface area contributed by atoms with Gasteiger partial charge in [0.25, 0.3) is 0 Å². The van der Waals surface area contributed by atoms with Crippen LogP contribution in [0.4, 0.5) is 0 Å². The molecule has 4 aliphatic rings. The molecule has 0 aromatic carbocycles. The summed E-state index contributed by atoms with van der Waals surface area (Å²) in [5, 5.41) is 176. The lowest BCUT2D eigenvalue weighted by molar-refractivity contribution is -0.404. The highest BCUT2D eigenvalue weighted by molar-refractivity contribution is 4.99. The average Bonchev–Trinajstić information content (AvgIpc) is 3.17. The molecule has 0 bridgehead atoms. The molecule has 24 unspecified atom stereocenters. The molecule has 0 amide bonds. The van der Waals surface area contributed by atoms with E-state index in [4.69, 9.17) is 37.9 Å². The van der Waals surface area contributed by atoms with Gasteiger partial charge in [-0.1, -0.05) is 0 Å². The molecule has 324 valence electrons. The molecule has 55 heavy (non-hydrogen) atoms. The Labute approximate surface area is 312 Å². The highest BCUT2D eigenvalue weighted by atomic mass is 16.8. The van der Waals surface area contributed by atoms with Crippen LogP contribution in [0.2, 0.25) is 0 Å². The van der Waals surface area contributed by atoms with Crippen molar-refractivity contribution in [3.63, 3.8) is 0 Å². The summed E-state index contributed by atoms with van der Waals surface area (Å²) in [5.41, 5.74) is 0. The van der Waals surface area contributed by atoms with Crippen LogP contribution in [0.1, 0.15) is 6.92 Å². The third kappa shape index (κ3) is 10.1. The Bertz CT molecular complexity index is 1140. The van der Waals surface area contributed by atoms with Crippen molar-refractivity contribution in [2.24, 2.45) is 0 Å². The summed E-state index contributed by atoms with van der Waals surface area (Å²) in [7, 11) is 0. The molecule has 4 saturated heterocycles. The van der Waals surface area contributed by atoms with Crippen molar-refractivity contribution in [1.82, 2.24) is 0 Å². The number of aliphatic hydroxyl groups is 17. The predicted molar refractivity (Wildman–Crippen MR) is 167 cm³/mol. The van der Waals surface area contributed by atoms with Gasteiger partial charge in [-0.2, -0.15) is 0 Å². The topological polar surface area (TPSA) is 418 Å². The van der Waals surface area contributed by atoms with Gasteiger partial charge < -0.3 is 125 Å². The first kappa shape index (κ1) is 46.7. The van der Waals surface area contributed by atoms with Gasteiger partial charge in [-0.25, -0.2) is 0 Å². The summed E-state index contributed by atoms with van der Waals surface area (Å²) in [6.45, 7) is -3.66. The Morgan fingerprint density at radius 3 is 1.25 bits per heavy atom. The van der Waals surface area contributed by atoms with Gasteiger partial charge in [0.05, 0.1) is 39.1 Å². The Hall–Kier alpha value is -1.00. The fourth-order valence-electron chi connectivity index (χ4n) is 6.55. The van der Waals surface area contributed by atoms with Crippen LogP contribution < -0.4 is 0 Å². The van der Waals surface area contributed by atoms with Crippen LogP contribution in [0.15, 0.2) is 0 Å². The molecule has 4 heterocycles. The lowest BCUT2D eigenvalue weighted by Crippen LogP contribution is -2.68. The standard InChI is InChI=1S/C30H54O25/c1-7(36)13(38)23(8(37)2-31)52-29-21(46)18(43)24(11(5-34)50-29)54-30-26(55-28-20(45)17(42)15(40)10(4-33)49-28)22(47)25(12(6-35)51-30)53-27-19(44)16(41)14(39)9(3-32)48-27/h7-47H,2-6H2,1H3. The first-order valence-electron chi connectivity index (χ1n) is 17.4. The molecule has 0 radical (unpaired) electrons. The number of aliphatic hydroxyl groups excluding tert-OH is 17. The molecule has 0 saturated carbocycles. The fraction of sp³-hybridized carbons (Fsp3) is 1.00. The summed E-state index contributed by atoms with van der Waals surface area (Å²) in [6.07, 6.45) is -45.3. The maximum atomic E-state index is 11.7. The highest BCUT2D eigenvalue weighted by Crippen LogP contribution is 2.36. The Morgan fingerprint density at radius 1 is 0.436 bits per heavy atom. The highest BCUT2D eigenvalue weighted by Gasteiger charge is 2.56. The SMILES string of the molecule is CC(O)C(O)C(OC1OC(CO)C(OC2OC(CO)C(OC3OC(CO)C(O)C(O)C3O)C(O)C2OC2OC(CO)C(O)C(O)C2O)C(O)C1O)C(O)CO. The summed E-state index contributed by atoms with van der Waals surface area (Å²) in [6, 6.07) is 0. The van der Waals surface area contributed by atoms with E-state index in [0.717, 1.165) is 6.92 Å². The monoisotopic (exact) mass is 814 g/mol. The smallest absolute Gasteiger partial charge is 0.187 e. The molecule has 4 aliphatic heterocycles. The quantitative estimate of drug-likeness (QED) is 0.0688. The number of rotatable bonds is 16. The molecule has 0 aromatic rings. The molecule has 0 spiro atoms.